The van der Waals surface area contributed by atoms with Gasteiger partial charge in [0.05, 0.1) is 29.0 Å². The van der Waals surface area contributed by atoms with Gasteiger partial charge in [0, 0.05) is 10.6 Å². The average Bonchev–Trinajstić information content (AvgIpc) is 3.33. The fraction of sp³-hybridized carbons (Fsp3) is 0.200. The number of imide groups is 1. The van der Waals surface area contributed by atoms with Crippen LogP contribution < -0.4 is 14.7 Å². The molecule has 3 aromatic carbocycles. The van der Waals surface area contributed by atoms with E-state index in [0.29, 0.717) is 23.7 Å². The van der Waals surface area contributed by atoms with Gasteiger partial charge in [-0.05, 0) is 43.3 Å². The molecule has 2 saturated heterocycles. The molecule has 2 aliphatic heterocycles. The number of rotatable bonds is 5. The minimum atomic E-state index is -1.11. The first-order chi connectivity index (χ1) is 16.4. The highest BCUT2D eigenvalue weighted by Gasteiger charge is 2.61. The molecule has 174 valence electrons. The third-order valence-electron chi connectivity index (χ3n) is 5.91. The Morgan fingerprint density at radius 2 is 1.71 bits per heavy atom. The van der Waals surface area contributed by atoms with Gasteiger partial charge in [-0.2, -0.15) is 0 Å². The Morgan fingerprint density at radius 3 is 2.44 bits per heavy atom. The van der Waals surface area contributed by atoms with Crippen molar-refractivity contribution in [1.29, 1.82) is 0 Å². The number of phenols is 1. The van der Waals surface area contributed by atoms with Crippen molar-refractivity contribution in [2.24, 2.45) is 5.92 Å². The number of hydrogen-bond donors (Lipinski definition) is 1. The van der Waals surface area contributed by atoms with Crippen molar-refractivity contribution in [3.05, 3.63) is 82.3 Å². The monoisotopic (exact) mass is 498 g/mol. The first kappa shape index (κ1) is 22.5. The van der Waals surface area contributed by atoms with Crippen LogP contribution in [0.3, 0.4) is 0 Å². The fourth-order valence-electron chi connectivity index (χ4n) is 4.50. The van der Waals surface area contributed by atoms with E-state index in [2.05, 4.69) is 0 Å². The molecule has 3 aromatic rings. The Kier molecular flexibility index (Phi) is 5.85. The van der Waals surface area contributed by atoms with Crippen molar-refractivity contribution >= 4 is 46.4 Å². The topological polar surface area (TPSA) is 79.3 Å². The standard InChI is InChI=1S/C25H20Cl2N2O5/c1-2-33-19-11-7-6-10-18(19)28-24(31)20-21(16-12-14(26)13-17(27)22(16)30)29(34-23(20)25(28)32)15-8-4-3-5-9-15/h3-13,20-21,23,30H,2H2,1H3/t20-,21+,23-/m0/s1. The van der Waals surface area contributed by atoms with Gasteiger partial charge in [-0.15, -0.1) is 0 Å². The molecule has 0 spiro atoms. The van der Waals surface area contributed by atoms with Crippen LogP contribution in [0.2, 0.25) is 10.0 Å². The number of amides is 2. The molecule has 0 aromatic heterocycles. The van der Waals surface area contributed by atoms with Crippen LogP contribution in [-0.4, -0.2) is 29.6 Å². The van der Waals surface area contributed by atoms with E-state index in [9.17, 15) is 14.7 Å². The van der Waals surface area contributed by atoms with Crippen LogP contribution in [0, 0.1) is 5.92 Å². The van der Waals surface area contributed by atoms with E-state index in [-0.39, 0.29) is 21.4 Å². The van der Waals surface area contributed by atoms with E-state index in [0.717, 1.165) is 4.90 Å². The number of fused-ring (bicyclic) bond motifs is 1. The first-order valence-electron chi connectivity index (χ1n) is 10.7. The summed E-state index contributed by atoms with van der Waals surface area (Å²) in [6.07, 6.45) is -1.11. The van der Waals surface area contributed by atoms with Gasteiger partial charge < -0.3 is 9.84 Å². The molecule has 9 heteroatoms. The molecule has 34 heavy (non-hydrogen) atoms. The third kappa shape index (κ3) is 3.57. The van der Waals surface area contributed by atoms with Crippen LogP contribution in [0.5, 0.6) is 11.5 Å². The smallest absolute Gasteiger partial charge is 0.266 e. The number of ether oxygens (including phenoxy) is 1. The van der Waals surface area contributed by atoms with E-state index < -0.39 is 29.9 Å². The Morgan fingerprint density at radius 1 is 1.00 bits per heavy atom. The summed E-state index contributed by atoms with van der Waals surface area (Å²) < 4.78 is 5.65. The van der Waals surface area contributed by atoms with Crippen molar-refractivity contribution in [1.82, 2.24) is 0 Å². The quantitative estimate of drug-likeness (QED) is 0.490. The number of hydroxylamine groups is 1. The summed E-state index contributed by atoms with van der Waals surface area (Å²) in [6, 6.07) is 18.0. The molecule has 3 atom stereocenters. The zero-order valence-corrected chi connectivity index (χ0v) is 19.5. The highest BCUT2D eigenvalue weighted by molar-refractivity contribution is 6.35. The fourth-order valence-corrected chi connectivity index (χ4v) is 5.01. The number of anilines is 2. The van der Waals surface area contributed by atoms with Crippen LogP contribution in [0.4, 0.5) is 11.4 Å². The molecule has 0 bridgehead atoms. The highest BCUT2D eigenvalue weighted by Crippen LogP contribution is 2.51. The van der Waals surface area contributed by atoms with Crippen molar-refractivity contribution in [2.45, 2.75) is 19.1 Å². The van der Waals surface area contributed by atoms with E-state index in [1.165, 1.54) is 17.2 Å². The Labute approximate surface area is 206 Å². The Bertz CT molecular complexity index is 1270. The van der Waals surface area contributed by atoms with E-state index in [1.807, 2.05) is 25.1 Å². The molecule has 2 aliphatic rings. The summed E-state index contributed by atoms with van der Waals surface area (Å²) >= 11 is 12.5. The number of aromatic hydroxyl groups is 1. The zero-order chi connectivity index (χ0) is 24.0. The Balaban J connectivity index is 1.64. The second kappa shape index (κ2) is 8.83. The summed E-state index contributed by atoms with van der Waals surface area (Å²) in [5, 5.41) is 12.6. The van der Waals surface area contributed by atoms with Gasteiger partial charge in [0.25, 0.3) is 5.91 Å². The molecule has 7 nitrogen and oxygen atoms in total. The van der Waals surface area contributed by atoms with Gasteiger partial charge in [0.15, 0.2) is 6.10 Å². The van der Waals surface area contributed by atoms with Crippen molar-refractivity contribution in [3.63, 3.8) is 0 Å². The lowest BCUT2D eigenvalue weighted by Gasteiger charge is -2.29. The number of halogens is 2. The van der Waals surface area contributed by atoms with Crippen molar-refractivity contribution in [3.8, 4) is 11.5 Å². The van der Waals surface area contributed by atoms with Gasteiger partial charge in [-0.25, -0.2) is 9.96 Å². The lowest BCUT2D eigenvalue weighted by atomic mass is 9.90. The summed E-state index contributed by atoms with van der Waals surface area (Å²) in [4.78, 5) is 34.5. The highest BCUT2D eigenvalue weighted by atomic mass is 35.5. The Hall–Kier alpha value is -3.26. The molecule has 0 aliphatic carbocycles. The van der Waals surface area contributed by atoms with Crippen molar-refractivity contribution < 1.29 is 24.3 Å². The molecular weight excluding hydrogens is 479 g/mol. The number of hydrogen-bond acceptors (Lipinski definition) is 6. The number of carbonyl (C=O) groups excluding carboxylic acids is 2. The minimum Gasteiger partial charge on any atom is -0.506 e. The average molecular weight is 499 g/mol. The third-order valence-corrected chi connectivity index (χ3v) is 6.41. The predicted molar refractivity (Wildman–Crippen MR) is 128 cm³/mol. The predicted octanol–water partition coefficient (Wildman–Crippen LogP) is 5.15. The molecule has 2 amide bonds. The van der Waals surface area contributed by atoms with E-state index in [1.54, 1.807) is 36.4 Å². The maximum absolute atomic E-state index is 13.8. The zero-order valence-electron chi connectivity index (χ0n) is 18.0. The van der Waals surface area contributed by atoms with E-state index >= 15 is 0 Å². The molecule has 1 N–H and O–H groups in total. The second-order valence-electron chi connectivity index (χ2n) is 7.90. The van der Waals surface area contributed by atoms with Gasteiger partial charge in [-0.1, -0.05) is 53.5 Å². The molecular formula is C25H20Cl2N2O5. The molecule has 0 unspecified atom stereocenters. The first-order valence-corrected chi connectivity index (χ1v) is 11.5. The van der Waals surface area contributed by atoms with Gasteiger partial charge >= 0.3 is 0 Å². The van der Waals surface area contributed by atoms with Gasteiger partial charge in [-0.3, -0.25) is 14.4 Å². The summed E-state index contributed by atoms with van der Waals surface area (Å²) in [5.74, 6) is -1.76. The second-order valence-corrected chi connectivity index (χ2v) is 8.74. The lowest BCUT2D eigenvalue weighted by Crippen LogP contribution is -2.37. The van der Waals surface area contributed by atoms with Crippen LogP contribution in [0.1, 0.15) is 18.5 Å². The van der Waals surface area contributed by atoms with Crippen LogP contribution in [-0.2, 0) is 14.4 Å². The number of benzene rings is 3. The minimum absolute atomic E-state index is 0.0364. The van der Waals surface area contributed by atoms with Crippen molar-refractivity contribution in [2.75, 3.05) is 16.6 Å². The summed E-state index contributed by atoms with van der Waals surface area (Å²) in [6.45, 7) is 2.19. The van der Waals surface area contributed by atoms with Crippen LogP contribution in [0.25, 0.3) is 0 Å². The van der Waals surface area contributed by atoms with Crippen LogP contribution in [0.15, 0.2) is 66.7 Å². The molecule has 0 radical (unpaired) electrons. The molecule has 5 rings (SSSR count). The number of carbonyl (C=O) groups is 2. The molecule has 2 heterocycles. The van der Waals surface area contributed by atoms with Crippen LogP contribution >= 0.6 is 23.2 Å². The van der Waals surface area contributed by atoms with E-state index in [4.69, 9.17) is 32.8 Å². The van der Waals surface area contributed by atoms with Gasteiger partial charge in [0.2, 0.25) is 5.91 Å². The normalized spacial score (nSPS) is 21.8. The van der Waals surface area contributed by atoms with Gasteiger partial charge in [0.1, 0.15) is 17.4 Å². The molecule has 0 saturated carbocycles. The molecule has 2 fully saturated rings. The largest absolute Gasteiger partial charge is 0.506 e. The maximum Gasteiger partial charge on any atom is 0.266 e. The SMILES string of the molecule is CCOc1ccccc1N1C(=O)[C@@H]2[C@H](ON(c3ccccc3)[C@@H]2c2cc(Cl)cc(Cl)c2O)C1=O. The maximum atomic E-state index is 13.8. The number of para-hydroxylation sites is 3. The number of phenolic OH excluding ortho intramolecular Hbond substituents is 1. The summed E-state index contributed by atoms with van der Waals surface area (Å²) in [7, 11) is 0. The summed E-state index contributed by atoms with van der Waals surface area (Å²) in [5.41, 5.74) is 1.24. The lowest BCUT2D eigenvalue weighted by molar-refractivity contribution is -0.126. The number of nitrogens with zero attached hydrogens (tertiary/aromatic N) is 2.